The predicted molar refractivity (Wildman–Crippen MR) is 62.6 cm³/mol. The fraction of sp³-hybridized carbons (Fsp3) is 0.300. The van der Waals surface area contributed by atoms with Crippen molar-refractivity contribution in [3.8, 4) is 5.75 Å². The highest BCUT2D eigenvalue weighted by Gasteiger charge is 2.17. The first-order valence-electron chi connectivity index (χ1n) is 4.80. The zero-order valence-corrected chi connectivity index (χ0v) is 10.6. The molecule has 17 heavy (non-hydrogen) atoms. The highest BCUT2D eigenvalue weighted by molar-refractivity contribution is 7.89. The number of ether oxygens (including phenoxy) is 1. The van der Waals surface area contributed by atoms with Crippen LogP contribution in [0.15, 0.2) is 23.1 Å². The molecule has 1 aromatic rings. The molecule has 1 amide bonds. The summed E-state index contributed by atoms with van der Waals surface area (Å²) in [5.41, 5.74) is 0.173. The first kappa shape index (κ1) is 13.5. The Morgan fingerprint density at radius 1 is 1.29 bits per heavy atom. The van der Waals surface area contributed by atoms with Crippen molar-refractivity contribution >= 4 is 15.9 Å². The SMILES string of the molecule is CNC(=O)c1cc(S(=O)(=O)NC)ccc1OC. The molecule has 0 saturated heterocycles. The lowest BCUT2D eigenvalue weighted by Crippen LogP contribution is -2.22. The lowest BCUT2D eigenvalue weighted by atomic mass is 10.2. The van der Waals surface area contributed by atoms with Crippen molar-refractivity contribution in [3.63, 3.8) is 0 Å². The second-order valence-electron chi connectivity index (χ2n) is 3.15. The van der Waals surface area contributed by atoms with Crippen LogP contribution in [-0.2, 0) is 10.0 Å². The molecular weight excluding hydrogens is 244 g/mol. The molecule has 7 heteroatoms. The first-order valence-corrected chi connectivity index (χ1v) is 6.28. The molecule has 0 aliphatic heterocycles. The van der Waals surface area contributed by atoms with Crippen LogP contribution in [0.25, 0.3) is 0 Å². The maximum atomic E-state index is 11.6. The molecule has 0 heterocycles. The van der Waals surface area contributed by atoms with Gasteiger partial charge in [-0.1, -0.05) is 0 Å². The van der Waals surface area contributed by atoms with Crippen molar-refractivity contribution in [1.29, 1.82) is 0 Å². The van der Waals surface area contributed by atoms with E-state index >= 15 is 0 Å². The van der Waals surface area contributed by atoms with Crippen molar-refractivity contribution in [2.75, 3.05) is 21.2 Å². The molecule has 94 valence electrons. The molecule has 0 fully saturated rings. The Kier molecular flexibility index (Phi) is 4.08. The number of carbonyl (C=O) groups excluding carboxylic acids is 1. The van der Waals surface area contributed by atoms with Gasteiger partial charge in [-0.3, -0.25) is 4.79 Å². The van der Waals surface area contributed by atoms with Crippen LogP contribution >= 0.6 is 0 Å². The number of rotatable bonds is 4. The third-order valence-electron chi connectivity index (χ3n) is 2.22. The predicted octanol–water partition coefficient (Wildman–Crippen LogP) is -0.0371. The van der Waals surface area contributed by atoms with Gasteiger partial charge in [-0.15, -0.1) is 0 Å². The van der Waals surface area contributed by atoms with Gasteiger partial charge in [-0.05, 0) is 25.2 Å². The van der Waals surface area contributed by atoms with E-state index < -0.39 is 15.9 Å². The Morgan fingerprint density at radius 2 is 1.94 bits per heavy atom. The van der Waals surface area contributed by atoms with E-state index in [4.69, 9.17) is 4.74 Å². The van der Waals surface area contributed by atoms with Gasteiger partial charge in [0.15, 0.2) is 0 Å². The molecule has 0 atom stereocenters. The summed E-state index contributed by atoms with van der Waals surface area (Å²) in [4.78, 5) is 11.6. The van der Waals surface area contributed by atoms with Crippen molar-refractivity contribution in [1.82, 2.24) is 10.0 Å². The number of amides is 1. The fourth-order valence-corrected chi connectivity index (χ4v) is 2.04. The standard InChI is InChI=1S/C10H14N2O4S/c1-11-10(13)8-6-7(17(14,15)12-2)4-5-9(8)16-3/h4-6,12H,1-3H3,(H,11,13). The highest BCUT2D eigenvalue weighted by atomic mass is 32.2. The molecule has 0 aliphatic rings. The summed E-state index contributed by atoms with van der Waals surface area (Å²) in [5, 5.41) is 2.42. The topological polar surface area (TPSA) is 84.5 Å². The summed E-state index contributed by atoms with van der Waals surface area (Å²) in [7, 11) is 0.602. The average Bonchev–Trinajstić information content (AvgIpc) is 2.36. The largest absolute Gasteiger partial charge is 0.496 e. The quantitative estimate of drug-likeness (QED) is 0.794. The van der Waals surface area contributed by atoms with Gasteiger partial charge >= 0.3 is 0 Å². The zero-order valence-electron chi connectivity index (χ0n) is 9.77. The number of hydrogen-bond acceptors (Lipinski definition) is 4. The number of nitrogens with one attached hydrogen (secondary N) is 2. The summed E-state index contributed by atoms with van der Waals surface area (Å²) >= 11 is 0. The van der Waals surface area contributed by atoms with Gasteiger partial charge in [0.1, 0.15) is 5.75 Å². The number of hydrogen-bond donors (Lipinski definition) is 2. The Labute approximate surface area is 100 Å². The number of sulfonamides is 1. The van der Waals surface area contributed by atoms with Gasteiger partial charge < -0.3 is 10.1 Å². The van der Waals surface area contributed by atoms with Gasteiger partial charge in [-0.25, -0.2) is 13.1 Å². The third-order valence-corrected chi connectivity index (χ3v) is 3.63. The minimum absolute atomic E-state index is 0.0133. The first-order chi connectivity index (χ1) is 7.96. The van der Waals surface area contributed by atoms with E-state index in [1.807, 2.05) is 0 Å². The molecule has 1 rings (SSSR count). The van der Waals surface area contributed by atoms with Crippen LogP contribution < -0.4 is 14.8 Å². The zero-order chi connectivity index (χ0) is 13.1. The molecule has 6 nitrogen and oxygen atoms in total. The van der Waals surface area contributed by atoms with Crippen LogP contribution in [0, 0.1) is 0 Å². The maximum Gasteiger partial charge on any atom is 0.254 e. The molecule has 0 aliphatic carbocycles. The molecule has 0 aromatic heterocycles. The second kappa shape index (κ2) is 5.15. The molecule has 0 bridgehead atoms. The van der Waals surface area contributed by atoms with E-state index in [0.29, 0.717) is 5.75 Å². The molecular formula is C10H14N2O4S. The van der Waals surface area contributed by atoms with Gasteiger partial charge in [0.05, 0.1) is 17.6 Å². The van der Waals surface area contributed by atoms with E-state index in [2.05, 4.69) is 10.0 Å². The summed E-state index contributed by atoms with van der Waals surface area (Å²) in [5.74, 6) is -0.0885. The van der Waals surface area contributed by atoms with E-state index in [9.17, 15) is 13.2 Å². The van der Waals surface area contributed by atoms with E-state index in [0.717, 1.165) is 0 Å². The lowest BCUT2D eigenvalue weighted by Gasteiger charge is -2.09. The Hall–Kier alpha value is -1.60. The summed E-state index contributed by atoms with van der Waals surface area (Å²) in [6, 6.07) is 4.08. The van der Waals surface area contributed by atoms with Crippen LogP contribution in [0.4, 0.5) is 0 Å². The van der Waals surface area contributed by atoms with Crippen molar-refractivity contribution in [2.24, 2.45) is 0 Å². The van der Waals surface area contributed by atoms with E-state index in [1.54, 1.807) is 0 Å². The van der Waals surface area contributed by atoms with Crippen molar-refractivity contribution in [3.05, 3.63) is 23.8 Å². The molecule has 1 aromatic carbocycles. The Bertz CT molecular complexity index is 525. The fourth-order valence-electron chi connectivity index (χ4n) is 1.28. The smallest absolute Gasteiger partial charge is 0.254 e. The number of methoxy groups -OCH3 is 1. The molecule has 0 unspecified atom stereocenters. The maximum absolute atomic E-state index is 11.6. The van der Waals surface area contributed by atoms with Gasteiger partial charge in [-0.2, -0.15) is 0 Å². The van der Waals surface area contributed by atoms with Gasteiger partial charge in [0, 0.05) is 7.05 Å². The van der Waals surface area contributed by atoms with Crippen LogP contribution in [-0.4, -0.2) is 35.5 Å². The highest BCUT2D eigenvalue weighted by Crippen LogP contribution is 2.22. The molecule has 2 N–H and O–H groups in total. The molecule has 0 saturated carbocycles. The van der Waals surface area contributed by atoms with Crippen molar-refractivity contribution in [2.45, 2.75) is 4.90 Å². The summed E-state index contributed by atoms with van der Waals surface area (Å²) < 4.78 is 30.3. The van der Waals surface area contributed by atoms with Crippen LogP contribution in [0.1, 0.15) is 10.4 Å². The van der Waals surface area contributed by atoms with Crippen LogP contribution in [0.2, 0.25) is 0 Å². The van der Waals surface area contributed by atoms with E-state index in [1.165, 1.54) is 39.4 Å². The Morgan fingerprint density at radius 3 is 2.41 bits per heavy atom. The molecule has 0 radical (unpaired) electrons. The second-order valence-corrected chi connectivity index (χ2v) is 5.04. The minimum Gasteiger partial charge on any atom is -0.496 e. The molecule has 0 spiro atoms. The van der Waals surface area contributed by atoms with Gasteiger partial charge in [0.2, 0.25) is 10.0 Å². The number of carbonyl (C=O) groups is 1. The monoisotopic (exact) mass is 258 g/mol. The lowest BCUT2D eigenvalue weighted by molar-refractivity contribution is 0.0960. The van der Waals surface area contributed by atoms with Crippen molar-refractivity contribution < 1.29 is 17.9 Å². The van der Waals surface area contributed by atoms with Gasteiger partial charge in [0.25, 0.3) is 5.91 Å². The summed E-state index contributed by atoms with van der Waals surface area (Å²) in [6.45, 7) is 0. The van der Waals surface area contributed by atoms with Crippen LogP contribution in [0.5, 0.6) is 5.75 Å². The Balaban J connectivity index is 3.37. The summed E-state index contributed by atoms with van der Waals surface area (Å²) in [6.07, 6.45) is 0. The normalized spacial score (nSPS) is 11.0. The average molecular weight is 258 g/mol. The van der Waals surface area contributed by atoms with Crippen LogP contribution in [0.3, 0.4) is 0 Å². The number of benzene rings is 1. The third kappa shape index (κ3) is 2.75. The minimum atomic E-state index is -3.57. The van der Waals surface area contributed by atoms with E-state index in [-0.39, 0.29) is 10.5 Å².